The smallest absolute Gasteiger partial charge is 0.365 e. The molecule has 0 fully saturated rings. The number of carboxylic acid groups (broad SMARTS) is 4. The van der Waals surface area contributed by atoms with E-state index in [1.54, 1.807) is 0 Å². The third-order valence-electron chi connectivity index (χ3n) is 2.69. The zero-order chi connectivity index (χ0) is 21.5. The van der Waals surface area contributed by atoms with Crippen LogP contribution in [-0.4, -0.2) is 80.0 Å². The molecule has 0 aliphatic rings. The van der Waals surface area contributed by atoms with Crippen molar-refractivity contribution in [2.24, 2.45) is 0 Å². The van der Waals surface area contributed by atoms with Gasteiger partial charge in [-0.2, -0.15) is 0 Å². The SMILES string of the molecule is O=C(O)C(O)P(=O)(O)O.O=C(O)CCC(CC(=O)O)(C(=O)O)P(=O)(O)O. The number of hydrogen-bond acceptors (Lipinski definition) is 7. The Bertz CT molecular complexity index is 644. The van der Waals surface area contributed by atoms with Gasteiger partial charge < -0.3 is 45.1 Å². The van der Waals surface area contributed by atoms with E-state index in [4.69, 9.17) is 45.1 Å². The van der Waals surface area contributed by atoms with Gasteiger partial charge in [-0.15, -0.1) is 0 Å². The molecular formula is C9H16O15P2. The van der Waals surface area contributed by atoms with E-state index in [-0.39, 0.29) is 0 Å². The van der Waals surface area contributed by atoms with Crippen molar-refractivity contribution >= 4 is 39.1 Å². The lowest BCUT2D eigenvalue weighted by Gasteiger charge is -2.27. The molecule has 0 bridgehead atoms. The van der Waals surface area contributed by atoms with Gasteiger partial charge in [0.2, 0.25) is 0 Å². The maximum Gasteiger partial charge on any atom is 0.365 e. The molecule has 2 atom stereocenters. The molecule has 17 heteroatoms. The molecule has 0 spiro atoms. The number of aliphatic hydroxyl groups is 1. The van der Waals surface area contributed by atoms with E-state index in [9.17, 15) is 28.3 Å². The zero-order valence-electron chi connectivity index (χ0n) is 12.6. The quantitative estimate of drug-likeness (QED) is 0.178. The molecule has 0 heterocycles. The van der Waals surface area contributed by atoms with Crippen LogP contribution in [0, 0.1) is 0 Å². The van der Waals surface area contributed by atoms with Gasteiger partial charge in [0.15, 0.2) is 5.16 Å². The van der Waals surface area contributed by atoms with Crippen LogP contribution in [0.4, 0.5) is 0 Å². The van der Waals surface area contributed by atoms with Crippen LogP contribution < -0.4 is 0 Å². The number of aliphatic hydroxyl groups excluding tert-OH is 1. The fourth-order valence-electron chi connectivity index (χ4n) is 1.35. The van der Waals surface area contributed by atoms with E-state index in [1.165, 1.54) is 0 Å². The van der Waals surface area contributed by atoms with E-state index in [1.807, 2.05) is 0 Å². The fraction of sp³-hybridized carbons (Fsp3) is 0.556. The Balaban J connectivity index is 0. The van der Waals surface area contributed by atoms with Crippen LogP contribution >= 0.6 is 15.2 Å². The lowest BCUT2D eigenvalue weighted by atomic mass is 9.98. The van der Waals surface area contributed by atoms with E-state index in [0.717, 1.165) is 0 Å². The van der Waals surface area contributed by atoms with E-state index >= 15 is 0 Å². The summed E-state index contributed by atoms with van der Waals surface area (Å²) in [5.41, 5.74) is 0. The first-order chi connectivity index (χ1) is 11.4. The first-order valence-electron chi connectivity index (χ1n) is 6.07. The highest BCUT2D eigenvalue weighted by Gasteiger charge is 2.55. The van der Waals surface area contributed by atoms with Crippen LogP contribution in [0.2, 0.25) is 0 Å². The molecule has 0 aromatic carbocycles. The van der Waals surface area contributed by atoms with Crippen molar-refractivity contribution in [2.45, 2.75) is 30.3 Å². The van der Waals surface area contributed by atoms with E-state index < -0.39 is 69.3 Å². The molecular weight excluding hydrogens is 410 g/mol. The molecule has 0 radical (unpaired) electrons. The van der Waals surface area contributed by atoms with E-state index in [2.05, 4.69) is 0 Å². The van der Waals surface area contributed by atoms with Gasteiger partial charge in [0.1, 0.15) is 0 Å². The van der Waals surface area contributed by atoms with Crippen LogP contribution in [0.3, 0.4) is 0 Å². The Morgan fingerprint density at radius 3 is 1.42 bits per heavy atom. The van der Waals surface area contributed by atoms with Gasteiger partial charge in [-0.3, -0.25) is 23.5 Å². The van der Waals surface area contributed by atoms with Gasteiger partial charge in [-0.1, -0.05) is 0 Å². The van der Waals surface area contributed by atoms with Crippen LogP contribution in [0.5, 0.6) is 0 Å². The standard InChI is InChI=1S/C7H11O9P.C2H5O6P/c8-4(9)1-2-7(6(12)13,3-5(10)11)17(14,15)16;3-1(4)2(5)9(6,7)8/h1-3H2,(H,8,9)(H,10,11)(H,12,13)(H2,14,15,16);2,5H,(H,3,4)(H2,6,7,8). The number of hydrogen-bond donors (Lipinski definition) is 9. The second-order valence-electron chi connectivity index (χ2n) is 4.65. The number of carbonyl (C=O) groups is 4. The zero-order valence-corrected chi connectivity index (χ0v) is 14.4. The Kier molecular flexibility index (Phi) is 9.87. The molecule has 0 aliphatic carbocycles. The number of carboxylic acids is 4. The normalized spacial score (nSPS) is 15.0. The topological polar surface area (TPSA) is 284 Å². The molecule has 0 saturated heterocycles. The molecule has 0 rings (SSSR count). The third-order valence-corrected chi connectivity index (χ3v) is 5.24. The molecule has 0 aliphatic heterocycles. The predicted molar refractivity (Wildman–Crippen MR) is 77.2 cm³/mol. The molecule has 152 valence electrons. The Labute approximate surface area is 143 Å². The third kappa shape index (κ3) is 8.49. The van der Waals surface area contributed by atoms with Crippen molar-refractivity contribution in [1.82, 2.24) is 0 Å². The number of aliphatic carboxylic acids is 4. The van der Waals surface area contributed by atoms with Gasteiger partial charge in [0.25, 0.3) is 5.85 Å². The highest BCUT2D eigenvalue weighted by molar-refractivity contribution is 7.54. The Hall–Kier alpha value is -1.86. The summed E-state index contributed by atoms with van der Waals surface area (Å²) in [7, 11) is -10.2. The van der Waals surface area contributed by atoms with Crippen molar-refractivity contribution in [3.05, 3.63) is 0 Å². The van der Waals surface area contributed by atoms with Crippen LogP contribution in [-0.2, 0) is 28.3 Å². The first kappa shape index (κ1) is 26.4. The average molecular weight is 426 g/mol. The summed E-state index contributed by atoms with van der Waals surface area (Å²) in [6.45, 7) is 0. The molecule has 26 heavy (non-hydrogen) atoms. The van der Waals surface area contributed by atoms with Gasteiger partial charge in [-0.25, -0.2) is 4.79 Å². The highest BCUT2D eigenvalue weighted by atomic mass is 31.2. The largest absolute Gasteiger partial charge is 0.481 e. The molecule has 0 saturated carbocycles. The Morgan fingerprint density at radius 2 is 1.27 bits per heavy atom. The minimum absolute atomic E-state index is 0.856. The molecule has 0 aromatic rings. The highest BCUT2D eigenvalue weighted by Crippen LogP contribution is 2.55. The minimum Gasteiger partial charge on any atom is -0.481 e. The molecule has 9 N–H and O–H groups in total. The monoisotopic (exact) mass is 426 g/mol. The molecule has 2 unspecified atom stereocenters. The second-order valence-corrected chi connectivity index (χ2v) is 8.26. The predicted octanol–water partition coefficient (Wildman–Crippen LogP) is -2.11. The van der Waals surface area contributed by atoms with Gasteiger partial charge >= 0.3 is 39.1 Å². The number of rotatable bonds is 9. The average Bonchev–Trinajstić information content (AvgIpc) is 2.39. The summed E-state index contributed by atoms with van der Waals surface area (Å²) in [6.07, 6.45) is -3.17. The first-order valence-corrected chi connectivity index (χ1v) is 9.36. The summed E-state index contributed by atoms with van der Waals surface area (Å²) >= 11 is 0. The summed E-state index contributed by atoms with van der Waals surface area (Å²) in [5.74, 6) is -9.77. The summed E-state index contributed by atoms with van der Waals surface area (Å²) in [6, 6.07) is 0. The fourth-order valence-corrected chi connectivity index (χ4v) is 2.63. The summed E-state index contributed by atoms with van der Waals surface area (Å²) in [4.78, 5) is 75.0. The van der Waals surface area contributed by atoms with E-state index in [0.29, 0.717) is 0 Å². The van der Waals surface area contributed by atoms with Crippen molar-refractivity contribution < 1.29 is 73.4 Å². The van der Waals surface area contributed by atoms with Crippen molar-refractivity contribution in [2.75, 3.05) is 0 Å². The lowest BCUT2D eigenvalue weighted by molar-refractivity contribution is -0.148. The van der Waals surface area contributed by atoms with Crippen molar-refractivity contribution in [1.29, 1.82) is 0 Å². The van der Waals surface area contributed by atoms with Crippen molar-refractivity contribution in [3.8, 4) is 0 Å². The maximum absolute atomic E-state index is 11.1. The lowest BCUT2D eigenvalue weighted by Crippen LogP contribution is -2.41. The minimum atomic E-state index is -5.32. The van der Waals surface area contributed by atoms with Gasteiger partial charge in [0.05, 0.1) is 6.42 Å². The van der Waals surface area contributed by atoms with Crippen molar-refractivity contribution in [3.63, 3.8) is 0 Å². The van der Waals surface area contributed by atoms with Gasteiger partial charge in [0, 0.05) is 6.42 Å². The molecule has 15 nitrogen and oxygen atoms in total. The van der Waals surface area contributed by atoms with Crippen LogP contribution in [0.25, 0.3) is 0 Å². The Morgan fingerprint density at radius 1 is 0.846 bits per heavy atom. The van der Waals surface area contributed by atoms with Crippen LogP contribution in [0.15, 0.2) is 0 Å². The molecule has 0 aromatic heterocycles. The summed E-state index contributed by atoms with van der Waals surface area (Å²) in [5, 5.41) is 38.6. The second kappa shape index (κ2) is 9.73. The summed E-state index contributed by atoms with van der Waals surface area (Å²) < 4.78 is 20.9. The maximum atomic E-state index is 11.1. The van der Waals surface area contributed by atoms with Gasteiger partial charge in [-0.05, 0) is 6.42 Å². The van der Waals surface area contributed by atoms with Crippen LogP contribution in [0.1, 0.15) is 19.3 Å². The molecule has 0 amide bonds.